The third-order valence-electron chi connectivity index (χ3n) is 1.82. The summed E-state index contributed by atoms with van der Waals surface area (Å²) in [4.78, 5) is 14.0. The number of hydrogen-bond acceptors (Lipinski definition) is 4. The van der Waals surface area contributed by atoms with Gasteiger partial charge in [-0.25, -0.2) is 0 Å². The van der Waals surface area contributed by atoms with Crippen LogP contribution in [0.4, 0.5) is 0 Å². The molecule has 0 saturated carbocycles. The number of hydrogen-bond donors (Lipinski definition) is 3. The second kappa shape index (κ2) is 6.52. The number of carboxylic acids is 1. The zero-order chi connectivity index (χ0) is 11.4. The second-order valence-electron chi connectivity index (χ2n) is 3.00. The quantitative estimate of drug-likeness (QED) is 0.420. The number of carbonyl (C=O) groups is 1. The number of aliphatic carboxylic acids is 1. The van der Waals surface area contributed by atoms with Crippen LogP contribution in [0.1, 0.15) is 13.9 Å². The van der Waals surface area contributed by atoms with E-state index >= 15 is 0 Å². The monoisotopic (exact) mass is 233 g/mol. The van der Waals surface area contributed by atoms with Crippen molar-refractivity contribution in [2.24, 2.45) is 4.99 Å². The van der Waals surface area contributed by atoms with Crippen LogP contribution in [0.5, 0.6) is 11.5 Å². The van der Waals surface area contributed by atoms with Crippen LogP contribution in [0, 0.1) is 0 Å². The van der Waals surface area contributed by atoms with Gasteiger partial charge in [0.05, 0.1) is 0 Å². The van der Waals surface area contributed by atoms with Crippen LogP contribution < -0.4 is 29.6 Å². The van der Waals surface area contributed by atoms with Crippen molar-refractivity contribution in [3.8, 4) is 11.5 Å². The first-order valence-corrected chi connectivity index (χ1v) is 4.26. The summed E-state index contributed by atoms with van der Waals surface area (Å²) < 4.78 is 0. The Hall–Kier alpha value is -1.04. The molecule has 3 N–H and O–H groups in total. The van der Waals surface area contributed by atoms with Gasteiger partial charge in [0.1, 0.15) is 18.0 Å². The fraction of sp³-hybridized carbons (Fsp3) is 0.200. The first kappa shape index (κ1) is 15.0. The molecule has 1 aromatic carbocycles. The summed E-state index contributed by atoms with van der Waals surface area (Å²) in [5, 5.41) is 26.9. The third kappa shape index (κ3) is 4.22. The minimum absolute atomic E-state index is 0. The Kier molecular flexibility index (Phi) is 6.10. The SMILES string of the molecule is CC(=NCC(=O)O)c1ccc(O)cc1O.[H-].[Na+]. The summed E-state index contributed by atoms with van der Waals surface area (Å²) in [6.45, 7) is 1.25. The van der Waals surface area contributed by atoms with E-state index in [2.05, 4.69) is 4.99 Å². The molecule has 0 spiro atoms. The van der Waals surface area contributed by atoms with Crippen LogP contribution >= 0.6 is 0 Å². The summed E-state index contributed by atoms with van der Waals surface area (Å²) in [6, 6.07) is 4.05. The first-order valence-electron chi connectivity index (χ1n) is 4.26. The molecule has 0 radical (unpaired) electrons. The van der Waals surface area contributed by atoms with Crippen molar-refractivity contribution in [2.75, 3.05) is 6.54 Å². The van der Waals surface area contributed by atoms with Crippen LogP contribution in [0.3, 0.4) is 0 Å². The molecule has 0 amide bonds. The van der Waals surface area contributed by atoms with Gasteiger partial charge in [-0.15, -0.1) is 0 Å². The summed E-state index contributed by atoms with van der Waals surface area (Å²) in [5.41, 5.74) is 0.823. The van der Waals surface area contributed by atoms with Crippen molar-refractivity contribution < 1.29 is 51.1 Å². The number of aromatic hydroxyl groups is 2. The molecule has 82 valence electrons. The Morgan fingerprint density at radius 3 is 2.56 bits per heavy atom. The Bertz CT molecular complexity index is 423. The summed E-state index contributed by atoms with van der Waals surface area (Å²) >= 11 is 0. The Labute approximate surface area is 116 Å². The van der Waals surface area contributed by atoms with Gasteiger partial charge in [-0.2, -0.15) is 0 Å². The van der Waals surface area contributed by atoms with Gasteiger partial charge in [0.25, 0.3) is 0 Å². The summed E-state index contributed by atoms with van der Waals surface area (Å²) in [7, 11) is 0. The molecule has 0 aliphatic carbocycles. The molecule has 0 aliphatic rings. The molecule has 0 atom stereocenters. The van der Waals surface area contributed by atoms with E-state index in [4.69, 9.17) is 10.2 Å². The van der Waals surface area contributed by atoms with Gasteiger partial charge < -0.3 is 16.7 Å². The molecule has 1 aromatic rings. The van der Waals surface area contributed by atoms with Gasteiger partial charge >= 0.3 is 35.5 Å². The number of rotatable bonds is 3. The maximum absolute atomic E-state index is 10.3. The maximum atomic E-state index is 10.3. The molecule has 5 nitrogen and oxygen atoms in total. The number of carboxylic acid groups (broad SMARTS) is 1. The van der Waals surface area contributed by atoms with E-state index < -0.39 is 5.97 Å². The Morgan fingerprint density at radius 1 is 1.44 bits per heavy atom. The van der Waals surface area contributed by atoms with Crippen LogP contribution in [0.25, 0.3) is 0 Å². The fourth-order valence-corrected chi connectivity index (χ4v) is 1.10. The minimum atomic E-state index is -1.03. The largest absolute Gasteiger partial charge is 1.00 e. The number of nitrogens with zero attached hydrogens (tertiary/aromatic N) is 1. The van der Waals surface area contributed by atoms with Gasteiger partial charge in [0, 0.05) is 17.3 Å². The van der Waals surface area contributed by atoms with E-state index in [0.717, 1.165) is 0 Å². The molecular weight excluding hydrogens is 221 g/mol. The molecule has 16 heavy (non-hydrogen) atoms. The average molecular weight is 233 g/mol. The van der Waals surface area contributed by atoms with E-state index in [0.29, 0.717) is 11.3 Å². The van der Waals surface area contributed by atoms with Gasteiger partial charge in [0.2, 0.25) is 0 Å². The van der Waals surface area contributed by atoms with Crippen molar-refractivity contribution in [3.05, 3.63) is 23.8 Å². The van der Waals surface area contributed by atoms with Crippen LogP contribution in [-0.4, -0.2) is 33.5 Å². The zero-order valence-corrected chi connectivity index (χ0v) is 11.1. The van der Waals surface area contributed by atoms with E-state index in [9.17, 15) is 9.90 Å². The summed E-state index contributed by atoms with van der Waals surface area (Å²) in [5.74, 6) is -1.21. The molecular formula is C10H12NNaO4. The van der Waals surface area contributed by atoms with Crippen LogP contribution in [-0.2, 0) is 4.79 Å². The van der Waals surface area contributed by atoms with Crippen molar-refractivity contribution in [2.45, 2.75) is 6.92 Å². The molecule has 0 unspecified atom stereocenters. The minimum Gasteiger partial charge on any atom is -1.00 e. The number of benzene rings is 1. The van der Waals surface area contributed by atoms with Gasteiger partial charge in [-0.1, -0.05) is 0 Å². The van der Waals surface area contributed by atoms with Gasteiger partial charge in [-0.3, -0.25) is 9.79 Å². The molecule has 0 fully saturated rings. The molecule has 0 heterocycles. The predicted octanol–water partition coefficient (Wildman–Crippen LogP) is -1.89. The maximum Gasteiger partial charge on any atom is 1.00 e. The average Bonchev–Trinajstić information content (AvgIpc) is 2.14. The van der Waals surface area contributed by atoms with Crippen molar-refractivity contribution in [1.82, 2.24) is 0 Å². The van der Waals surface area contributed by atoms with E-state index in [1.54, 1.807) is 6.92 Å². The zero-order valence-electron chi connectivity index (χ0n) is 10.1. The normalized spacial score (nSPS) is 10.7. The molecule has 0 aliphatic heterocycles. The van der Waals surface area contributed by atoms with Crippen LogP contribution in [0.2, 0.25) is 0 Å². The van der Waals surface area contributed by atoms with Crippen molar-refractivity contribution in [3.63, 3.8) is 0 Å². The number of aliphatic imine (C=N–C) groups is 1. The Morgan fingerprint density at radius 2 is 2.06 bits per heavy atom. The molecule has 6 heteroatoms. The first-order chi connectivity index (χ1) is 7.00. The molecule has 0 aromatic heterocycles. The van der Waals surface area contributed by atoms with E-state index in [-0.39, 0.29) is 49.0 Å². The second-order valence-corrected chi connectivity index (χ2v) is 3.00. The fourth-order valence-electron chi connectivity index (χ4n) is 1.10. The topological polar surface area (TPSA) is 90.1 Å². The van der Waals surface area contributed by atoms with Gasteiger partial charge in [-0.05, 0) is 19.1 Å². The third-order valence-corrected chi connectivity index (χ3v) is 1.82. The Balaban J connectivity index is 0. The predicted molar refractivity (Wildman–Crippen MR) is 55.6 cm³/mol. The molecule has 0 saturated heterocycles. The van der Waals surface area contributed by atoms with Crippen molar-refractivity contribution >= 4 is 11.7 Å². The molecule has 0 bridgehead atoms. The van der Waals surface area contributed by atoms with E-state index in [1.165, 1.54) is 18.2 Å². The standard InChI is InChI=1S/C10H11NO4.Na.H/c1-6(11-5-10(14)15)8-3-2-7(12)4-9(8)13;;/h2-4,12-13H,5H2,1H3,(H,14,15);;/q;+1;-1. The summed E-state index contributed by atoms with van der Waals surface area (Å²) in [6.07, 6.45) is 0. The van der Waals surface area contributed by atoms with Crippen LogP contribution in [0.15, 0.2) is 23.2 Å². The number of phenols is 2. The number of phenolic OH excluding ortho intramolecular Hbond substituents is 2. The van der Waals surface area contributed by atoms with Gasteiger partial charge in [0.15, 0.2) is 0 Å². The van der Waals surface area contributed by atoms with E-state index in [1.807, 2.05) is 0 Å². The smallest absolute Gasteiger partial charge is 1.00 e. The molecule has 1 rings (SSSR count). The van der Waals surface area contributed by atoms with Crippen molar-refractivity contribution in [1.29, 1.82) is 0 Å².